The van der Waals surface area contributed by atoms with Crippen LogP contribution in [0.25, 0.3) is 0 Å². The summed E-state index contributed by atoms with van der Waals surface area (Å²) in [5, 5.41) is 3.63. The van der Waals surface area contributed by atoms with Crippen LogP contribution >= 0.6 is 0 Å². The first-order chi connectivity index (χ1) is 10.1. The molecule has 0 bridgehead atoms. The minimum Gasteiger partial charge on any atom is -0.381 e. The summed E-state index contributed by atoms with van der Waals surface area (Å²) in [5.41, 5.74) is 3.19. The molecule has 1 aromatic carbocycles. The average Bonchev–Trinajstić information content (AvgIpc) is 3.04. The van der Waals surface area contributed by atoms with Gasteiger partial charge in [-0.1, -0.05) is 32.0 Å². The SMILES string of the molecule is CC(C)NCC1(CN2c3ccccc3CC2C)CCOC1. The van der Waals surface area contributed by atoms with Gasteiger partial charge >= 0.3 is 0 Å². The fourth-order valence-electron chi connectivity index (χ4n) is 3.62. The van der Waals surface area contributed by atoms with Crippen molar-refractivity contribution in [2.75, 3.05) is 31.2 Å². The van der Waals surface area contributed by atoms with Gasteiger partial charge in [-0.2, -0.15) is 0 Å². The molecular formula is C18H28N2O. The number of ether oxygens (including phenoxy) is 1. The molecule has 21 heavy (non-hydrogen) atoms. The molecule has 3 nitrogen and oxygen atoms in total. The lowest BCUT2D eigenvalue weighted by atomic mass is 9.86. The third-order valence-corrected chi connectivity index (χ3v) is 4.92. The third kappa shape index (κ3) is 3.09. The van der Waals surface area contributed by atoms with Gasteiger partial charge in [0.05, 0.1) is 6.61 Å². The predicted octanol–water partition coefficient (Wildman–Crippen LogP) is 2.84. The first kappa shape index (κ1) is 14.9. The predicted molar refractivity (Wildman–Crippen MR) is 88.0 cm³/mol. The van der Waals surface area contributed by atoms with Crippen LogP contribution in [0.1, 0.15) is 32.8 Å². The Morgan fingerprint density at radius 1 is 1.38 bits per heavy atom. The number of anilines is 1. The lowest BCUT2D eigenvalue weighted by Gasteiger charge is -2.36. The zero-order valence-corrected chi connectivity index (χ0v) is 13.6. The maximum absolute atomic E-state index is 5.76. The van der Waals surface area contributed by atoms with E-state index in [0.29, 0.717) is 12.1 Å². The maximum Gasteiger partial charge on any atom is 0.0552 e. The van der Waals surface area contributed by atoms with Crippen molar-refractivity contribution in [3.63, 3.8) is 0 Å². The smallest absolute Gasteiger partial charge is 0.0552 e. The standard InChI is InChI=1S/C18H28N2O/c1-14(2)19-11-18(8-9-21-13-18)12-20-15(3)10-16-6-4-5-7-17(16)20/h4-7,14-15,19H,8-13H2,1-3H3. The topological polar surface area (TPSA) is 24.5 Å². The zero-order valence-electron chi connectivity index (χ0n) is 13.6. The molecule has 2 aliphatic heterocycles. The normalized spacial score (nSPS) is 28.4. The number of nitrogens with zero attached hydrogens (tertiary/aromatic N) is 1. The molecule has 116 valence electrons. The van der Waals surface area contributed by atoms with Gasteiger partial charge in [-0.05, 0) is 31.4 Å². The molecule has 0 radical (unpaired) electrons. The van der Waals surface area contributed by atoms with Crippen LogP contribution in [0.15, 0.2) is 24.3 Å². The van der Waals surface area contributed by atoms with E-state index in [0.717, 1.165) is 32.7 Å². The van der Waals surface area contributed by atoms with Gasteiger partial charge in [-0.15, -0.1) is 0 Å². The quantitative estimate of drug-likeness (QED) is 0.901. The summed E-state index contributed by atoms with van der Waals surface area (Å²) in [6.45, 7) is 10.7. The second kappa shape index (κ2) is 5.98. The largest absolute Gasteiger partial charge is 0.381 e. The minimum atomic E-state index is 0.260. The van der Waals surface area contributed by atoms with Gasteiger partial charge in [0.2, 0.25) is 0 Å². The molecule has 2 aliphatic rings. The van der Waals surface area contributed by atoms with Crippen LogP contribution in [0.5, 0.6) is 0 Å². The molecule has 1 aromatic rings. The Morgan fingerprint density at radius 3 is 2.90 bits per heavy atom. The second-order valence-corrected chi connectivity index (χ2v) is 7.15. The van der Waals surface area contributed by atoms with E-state index in [2.05, 4.69) is 55.3 Å². The molecule has 3 rings (SSSR count). The van der Waals surface area contributed by atoms with Gasteiger partial charge in [0.25, 0.3) is 0 Å². The van der Waals surface area contributed by atoms with Gasteiger partial charge in [-0.25, -0.2) is 0 Å². The molecule has 0 aliphatic carbocycles. The van der Waals surface area contributed by atoms with Crippen molar-refractivity contribution >= 4 is 5.69 Å². The van der Waals surface area contributed by atoms with Crippen molar-refractivity contribution in [2.24, 2.45) is 5.41 Å². The number of fused-ring (bicyclic) bond motifs is 1. The summed E-state index contributed by atoms with van der Waals surface area (Å²) >= 11 is 0. The zero-order chi connectivity index (χ0) is 14.9. The summed E-state index contributed by atoms with van der Waals surface area (Å²) < 4.78 is 5.76. The Bertz CT molecular complexity index is 480. The highest BCUT2D eigenvalue weighted by atomic mass is 16.5. The van der Waals surface area contributed by atoms with E-state index in [-0.39, 0.29) is 5.41 Å². The molecule has 2 atom stereocenters. The van der Waals surface area contributed by atoms with Gasteiger partial charge in [0, 0.05) is 42.9 Å². The lowest BCUT2D eigenvalue weighted by molar-refractivity contribution is 0.150. The van der Waals surface area contributed by atoms with Gasteiger partial charge in [0.1, 0.15) is 0 Å². The number of hydrogen-bond donors (Lipinski definition) is 1. The van der Waals surface area contributed by atoms with Crippen molar-refractivity contribution in [2.45, 2.75) is 45.7 Å². The van der Waals surface area contributed by atoms with Gasteiger partial charge in [0.15, 0.2) is 0 Å². The van der Waals surface area contributed by atoms with E-state index < -0.39 is 0 Å². The minimum absolute atomic E-state index is 0.260. The van der Waals surface area contributed by atoms with Crippen LogP contribution in [-0.2, 0) is 11.2 Å². The van der Waals surface area contributed by atoms with Crippen molar-refractivity contribution in [1.82, 2.24) is 5.32 Å². The highest BCUT2D eigenvalue weighted by molar-refractivity contribution is 5.59. The Morgan fingerprint density at radius 2 is 2.19 bits per heavy atom. The number of benzene rings is 1. The van der Waals surface area contributed by atoms with Crippen LogP contribution < -0.4 is 10.2 Å². The molecule has 0 amide bonds. The fourth-order valence-corrected chi connectivity index (χ4v) is 3.62. The van der Waals surface area contributed by atoms with E-state index in [1.807, 2.05) is 0 Å². The van der Waals surface area contributed by atoms with Crippen molar-refractivity contribution in [1.29, 1.82) is 0 Å². The third-order valence-electron chi connectivity index (χ3n) is 4.92. The van der Waals surface area contributed by atoms with Crippen molar-refractivity contribution < 1.29 is 4.74 Å². The van der Waals surface area contributed by atoms with Crippen molar-refractivity contribution in [3.8, 4) is 0 Å². The first-order valence-electron chi connectivity index (χ1n) is 8.25. The molecule has 0 saturated carbocycles. The van der Waals surface area contributed by atoms with Crippen LogP contribution in [-0.4, -0.2) is 38.4 Å². The molecule has 1 fully saturated rings. The molecule has 0 aromatic heterocycles. The number of para-hydroxylation sites is 1. The fraction of sp³-hybridized carbons (Fsp3) is 0.667. The molecule has 0 spiro atoms. The van der Waals surface area contributed by atoms with E-state index in [4.69, 9.17) is 4.74 Å². The number of rotatable bonds is 5. The van der Waals surface area contributed by atoms with E-state index in [1.54, 1.807) is 0 Å². The van der Waals surface area contributed by atoms with Gasteiger partial charge < -0.3 is 15.0 Å². The Hall–Kier alpha value is -1.06. The average molecular weight is 288 g/mol. The molecule has 2 heterocycles. The van der Waals surface area contributed by atoms with Crippen LogP contribution in [0.3, 0.4) is 0 Å². The number of nitrogens with one attached hydrogen (secondary N) is 1. The van der Waals surface area contributed by atoms with E-state index in [9.17, 15) is 0 Å². The summed E-state index contributed by atoms with van der Waals surface area (Å²) in [7, 11) is 0. The van der Waals surface area contributed by atoms with E-state index >= 15 is 0 Å². The lowest BCUT2D eigenvalue weighted by Crippen LogP contribution is -2.47. The van der Waals surface area contributed by atoms with Crippen LogP contribution in [0.2, 0.25) is 0 Å². The Labute approximate surface area is 128 Å². The summed E-state index contributed by atoms with van der Waals surface area (Å²) in [6, 6.07) is 10.00. The molecule has 3 heteroatoms. The maximum atomic E-state index is 5.76. The number of hydrogen-bond acceptors (Lipinski definition) is 3. The van der Waals surface area contributed by atoms with Gasteiger partial charge in [-0.3, -0.25) is 0 Å². The van der Waals surface area contributed by atoms with Crippen LogP contribution in [0, 0.1) is 5.41 Å². The summed E-state index contributed by atoms with van der Waals surface area (Å²) in [4.78, 5) is 2.60. The molecular weight excluding hydrogens is 260 g/mol. The Balaban J connectivity index is 1.77. The summed E-state index contributed by atoms with van der Waals surface area (Å²) in [6.07, 6.45) is 2.34. The Kier molecular flexibility index (Phi) is 4.23. The molecule has 2 unspecified atom stereocenters. The van der Waals surface area contributed by atoms with Crippen LogP contribution in [0.4, 0.5) is 5.69 Å². The summed E-state index contributed by atoms with van der Waals surface area (Å²) in [5.74, 6) is 0. The molecule has 1 saturated heterocycles. The second-order valence-electron chi connectivity index (χ2n) is 7.15. The first-order valence-corrected chi connectivity index (χ1v) is 8.25. The highest BCUT2D eigenvalue weighted by Crippen LogP contribution is 2.37. The highest BCUT2D eigenvalue weighted by Gasteiger charge is 2.39. The monoisotopic (exact) mass is 288 g/mol. The van der Waals surface area contributed by atoms with Crippen molar-refractivity contribution in [3.05, 3.63) is 29.8 Å². The van der Waals surface area contributed by atoms with E-state index in [1.165, 1.54) is 17.7 Å². The molecule has 1 N–H and O–H groups in total.